The zero-order valence-corrected chi connectivity index (χ0v) is 11.9. The summed E-state index contributed by atoms with van der Waals surface area (Å²) in [6.45, 7) is 0. The molecule has 0 aliphatic heterocycles. The van der Waals surface area contributed by atoms with Gasteiger partial charge >= 0.3 is 5.97 Å². The Hall–Kier alpha value is -3.41. The summed E-state index contributed by atoms with van der Waals surface area (Å²) < 4.78 is 0.879. The van der Waals surface area contributed by atoms with Crippen molar-refractivity contribution < 1.29 is 14.7 Å². The normalized spacial score (nSPS) is 10.6. The lowest BCUT2D eigenvalue weighted by Crippen LogP contribution is -2.31. The van der Waals surface area contributed by atoms with Crippen LogP contribution < -0.4 is 11.3 Å². The van der Waals surface area contributed by atoms with Crippen molar-refractivity contribution in [1.82, 2.24) is 4.57 Å². The van der Waals surface area contributed by atoms with E-state index in [0.29, 0.717) is 16.6 Å². The summed E-state index contributed by atoms with van der Waals surface area (Å²) in [5.41, 5.74) is 5.36. The third kappa shape index (κ3) is 2.46. The van der Waals surface area contributed by atoms with E-state index in [2.05, 4.69) is 0 Å². The average molecular weight is 308 g/mol. The van der Waals surface area contributed by atoms with Crippen molar-refractivity contribution in [2.75, 3.05) is 5.73 Å². The van der Waals surface area contributed by atoms with Crippen molar-refractivity contribution in [3.8, 4) is 0 Å². The van der Waals surface area contributed by atoms with E-state index in [-0.39, 0.29) is 5.56 Å². The number of carbonyl (C=O) groups excluding carboxylic acids is 1. The summed E-state index contributed by atoms with van der Waals surface area (Å²) in [4.78, 5) is 36.4. The fraction of sp³-hybridized carbons (Fsp3) is 0. The first kappa shape index (κ1) is 14.5. The van der Waals surface area contributed by atoms with Gasteiger partial charge in [0.15, 0.2) is 0 Å². The first-order chi connectivity index (χ1) is 11.0. The summed E-state index contributed by atoms with van der Waals surface area (Å²) in [5.74, 6) is -1.98. The number of nitrogen functional groups attached to an aromatic ring is 1. The minimum atomic E-state index is -1.38. The molecule has 2 aromatic carbocycles. The van der Waals surface area contributed by atoms with Gasteiger partial charge in [-0.2, -0.15) is 0 Å². The molecule has 6 nitrogen and oxygen atoms in total. The van der Waals surface area contributed by atoms with Gasteiger partial charge in [0.25, 0.3) is 11.5 Å². The van der Waals surface area contributed by atoms with Crippen molar-refractivity contribution in [2.45, 2.75) is 0 Å². The van der Waals surface area contributed by atoms with E-state index in [9.17, 15) is 19.5 Å². The lowest BCUT2D eigenvalue weighted by atomic mass is 10.1. The predicted molar refractivity (Wildman–Crippen MR) is 85.8 cm³/mol. The number of fused-ring (bicyclic) bond motifs is 1. The van der Waals surface area contributed by atoms with Crippen LogP contribution in [0, 0.1) is 0 Å². The molecule has 3 rings (SSSR count). The number of carbonyl (C=O) groups is 2. The second-order valence-corrected chi connectivity index (χ2v) is 4.99. The van der Waals surface area contributed by atoms with Gasteiger partial charge in [-0.15, -0.1) is 0 Å². The predicted octanol–water partition coefficient (Wildman–Crippen LogP) is 1.97. The molecule has 0 saturated carbocycles. The third-order valence-corrected chi connectivity index (χ3v) is 3.50. The number of carboxylic acid groups (broad SMARTS) is 1. The van der Waals surface area contributed by atoms with Gasteiger partial charge in [-0.1, -0.05) is 18.2 Å². The fourth-order valence-corrected chi connectivity index (χ4v) is 2.37. The maximum atomic E-state index is 12.7. The molecule has 0 fully saturated rings. The maximum Gasteiger partial charge on any atom is 0.341 e. The largest absolute Gasteiger partial charge is 0.477 e. The molecule has 0 bridgehead atoms. The SMILES string of the molecule is Nc1ccc(C(=O)n2c(=O)c(C(=O)O)cc3ccccc32)cc1. The Labute approximate surface area is 130 Å². The van der Waals surface area contributed by atoms with Crippen LogP contribution in [0.1, 0.15) is 20.7 Å². The Bertz CT molecular complexity index is 988. The van der Waals surface area contributed by atoms with E-state index in [1.807, 2.05) is 0 Å². The van der Waals surface area contributed by atoms with Gasteiger partial charge in [-0.25, -0.2) is 9.36 Å². The highest BCUT2D eigenvalue weighted by Gasteiger charge is 2.19. The number of anilines is 1. The first-order valence-electron chi connectivity index (χ1n) is 6.77. The van der Waals surface area contributed by atoms with Crippen LogP contribution in [0.2, 0.25) is 0 Å². The highest BCUT2D eigenvalue weighted by molar-refractivity contribution is 6.03. The summed E-state index contributed by atoms with van der Waals surface area (Å²) in [6, 6.07) is 14.0. The van der Waals surface area contributed by atoms with Crippen LogP contribution in [0.4, 0.5) is 5.69 Å². The quantitative estimate of drug-likeness (QED) is 0.705. The number of rotatable bonds is 2. The van der Waals surface area contributed by atoms with E-state index >= 15 is 0 Å². The summed E-state index contributed by atoms with van der Waals surface area (Å²) in [6.07, 6.45) is 0. The molecule has 114 valence electrons. The Kier molecular flexibility index (Phi) is 3.42. The first-order valence-corrected chi connectivity index (χ1v) is 6.77. The van der Waals surface area contributed by atoms with Crippen molar-refractivity contribution in [3.05, 3.63) is 76.1 Å². The lowest BCUT2D eigenvalue weighted by molar-refractivity contribution is 0.0695. The number of pyridine rings is 1. The smallest absolute Gasteiger partial charge is 0.341 e. The minimum absolute atomic E-state index is 0.244. The summed E-state index contributed by atoms with van der Waals surface area (Å²) >= 11 is 0. The van der Waals surface area contributed by atoms with Crippen LogP contribution in [-0.2, 0) is 0 Å². The molecule has 0 atom stereocenters. The molecule has 0 aliphatic rings. The van der Waals surface area contributed by atoms with Crippen molar-refractivity contribution in [1.29, 1.82) is 0 Å². The number of para-hydroxylation sites is 1. The minimum Gasteiger partial charge on any atom is -0.477 e. The maximum absolute atomic E-state index is 12.7. The number of hydrogen-bond acceptors (Lipinski definition) is 4. The van der Waals surface area contributed by atoms with Gasteiger partial charge < -0.3 is 10.8 Å². The van der Waals surface area contributed by atoms with Gasteiger partial charge in [0, 0.05) is 11.3 Å². The van der Waals surface area contributed by atoms with Gasteiger partial charge in [0.1, 0.15) is 5.56 Å². The van der Waals surface area contributed by atoms with E-state index < -0.39 is 23.0 Å². The Morgan fingerprint density at radius 2 is 1.65 bits per heavy atom. The molecule has 0 aliphatic carbocycles. The summed E-state index contributed by atoms with van der Waals surface area (Å²) in [5, 5.41) is 9.69. The molecule has 1 aromatic heterocycles. The number of carboxylic acids is 1. The molecule has 0 spiro atoms. The highest BCUT2D eigenvalue weighted by Crippen LogP contribution is 2.16. The van der Waals surface area contributed by atoms with Crippen molar-refractivity contribution in [2.24, 2.45) is 0 Å². The number of aromatic carboxylic acids is 1. The molecule has 3 aromatic rings. The number of aromatic nitrogens is 1. The number of benzene rings is 2. The van der Waals surface area contributed by atoms with E-state index in [1.54, 1.807) is 36.4 Å². The molecule has 1 heterocycles. The monoisotopic (exact) mass is 308 g/mol. The topological polar surface area (TPSA) is 102 Å². The van der Waals surface area contributed by atoms with E-state index in [0.717, 1.165) is 4.57 Å². The zero-order valence-electron chi connectivity index (χ0n) is 11.9. The van der Waals surface area contributed by atoms with Gasteiger partial charge in [0.05, 0.1) is 5.52 Å². The van der Waals surface area contributed by atoms with Gasteiger partial charge in [0.2, 0.25) is 0 Å². The fourth-order valence-electron chi connectivity index (χ4n) is 2.37. The third-order valence-electron chi connectivity index (χ3n) is 3.50. The average Bonchev–Trinajstić information content (AvgIpc) is 2.54. The molecular weight excluding hydrogens is 296 g/mol. The summed E-state index contributed by atoms with van der Waals surface area (Å²) in [7, 11) is 0. The standard InChI is InChI=1S/C17H12N2O4/c18-12-7-5-10(6-8-12)15(20)19-14-4-2-1-3-11(14)9-13(16(19)21)17(22)23/h1-9H,18H2,(H,22,23). The van der Waals surface area contributed by atoms with E-state index in [4.69, 9.17) is 5.73 Å². The van der Waals surface area contributed by atoms with Crippen LogP contribution in [-0.4, -0.2) is 21.6 Å². The Balaban J connectivity index is 2.33. The van der Waals surface area contributed by atoms with Crippen LogP contribution >= 0.6 is 0 Å². The van der Waals surface area contributed by atoms with Gasteiger partial charge in [-0.3, -0.25) is 9.59 Å². The second kappa shape index (κ2) is 5.42. The number of nitrogens with zero attached hydrogens (tertiary/aromatic N) is 1. The second-order valence-electron chi connectivity index (χ2n) is 4.99. The van der Waals surface area contributed by atoms with E-state index in [1.165, 1.54) is 18.2 Å². The Morgan fingerprint density at radius 3 is 2.30 bits per heavy atom. The lowest BCUT2D eigenvalue weighted by Gasteiger charge is -2.10. The molecule has 0 amide bonds. The molecule has 6 heteroatoms. The van der Waals surface area contributed by atoms with Crippen molar-refractivity contribution >= 4 is 28.5 Å². The zero-order chi connectivity index (χ0) is 16.6. The molecule has 0 radical (unpaired) electrons. The molecule has 23 heavy (non-hydrogen) atoms. The van der Waals surface area contributed by atoms with Crippen LogP contribution in [0.25, 0.3) is 10.9 Å². The number of nitrogens with two attached hydrogens (primary N) is 1. The van der Waals surface area contributed by atoms with Crippen molar-refractivity contribution in [3.63, 3.8) is 0 Å². The molecular formula is C17H12N2O4. The highest BCUT2D eigenvalue weighted by atomic mass is 16.4. The molecule has 0 unspecified atom stereocenters. The van der Waals surface area contributed by atoms with Gasteiger partial charge in [-0.05, 0) is 41.8 Å². The van der Waals surface area contributed by atoms with Crippen LogP contribution in [0.5, 0.6) is 0 Å². The molecule has 3 N–H and O–H groups in total. The van der Waals surface area contributed by atoms with Crippen LogP contribution in [0.3, 0.4) is 0 Å². The number of hydrogen-bond donors (Lipinski definition) is 2. The molecule has 0 saturated heterocycles. The Morgan fingerprint density at radius 1 is 1.00 bits per heavy atom. The van der Waals surface area contributed by atoms with Crippen LogP contribution in [0.15, 0.2) is 59.4 Å².